The van der Waals surface area contributed by atoms with Gasteiger partial charge in [-0.25, -0.2) is 4.79 Å². The van der Waals surface area contributed by atoms with Crippen molar-refractivity contribution in [3.63, 3.8) is 0 Å². The number of ether oxygens (including phenoxy) is 1. The predicted molar refractivity (Wildman–Crippen MR) is 80.1 cm³/mol. The number of carbonyl (C=O) groups excluding carboxylic acids is 1. The van der Waals surface area contributed by atoms with Gasteiger partial charge >= 0.3 is 6.09 Å². The van der Waals surface area contributed by atoms with Crippen LogP contribution in [-0.2, 0) is 4.74 Å². The van der Waals surface area contributed by atoms with Crippen LogP contribution in [0.1, 0.15) is 59.3 Å². The van der Waals surface area contributed by atoms with E-state index in [0.29, 0.717) is 24.5 Å². The molecular formula is C15H32N2O2. The maximum absolute atomic E-state index is 10.6. The van der Waals surface area contributed by atoms with Crippen LogP contribution in [0.15, 0.2) is 0 Å². The summed E-state index contributed by atoms with van der Waals surface area (Å²) in [7, 11) is 2.04. The molecule has 0 radical (unpaired) electrons. The summed E-state index contributed by atoms with van der Waals surface area (Å²) in [6.45, 7) is 7.12. The van der Waals surface area contributed by atoms with E-state index >= 15 is 0 Å². The van der Waals surface area contributed by atoms with Crippen molar-refractivity contribution in [2.24, 2.45) is 17.6 Å². The molecule has 19 heavy (non-hydrogen) atoms. The quantitative estimate of drug-likeness (QED) is 0.606. The number of amides is 1. The summed E-state index contributed by atoms with van der Waals surface area (Å²) in [5, 5.41) is 3.48. The van der Waals surface area contributed by atoms with Crippen molar-refractivity contribution in [2.45, 2.75) is 65.3 Å². The molecule has 1 amide bonds. The van der Waals surface area contributed by atoms with Crippen LogP contribution >= 0.6 is 0 Å². The topological polar surface area (TPSA) is 64.3 Å². The van der Waals surface area contributed by atoms with Crippen LogP contribution in [0.3, 0.4) is 0 Å². The van der Waals surface area contributed by atoms with E-state index in [1.54, 1.807) is 0 Å². The number of hydrogen-bond acceptors (Lipinski definition) is 3. The van der Waals surface area contributed by atoms with E-state index in [4.69, 9.17) is 10.5 Å². The molecule has 114 valence electrons. The molecule has 0 aromatic heterocycles. The summed E-state index contributed by atoms with van der Waals surface area (Å²) in [5.41, 5.74) is 5.00. The minimum Gasteiger partial charge on any atom is -0.450 e. The molecule has 0 saturated heterocycles. The number of nitrogens with two attached hydrogens (primary N) is 1. The first-order chi connectivity index (χ1) is 9.10. The molecule has 0 aliphatic carbocycles. The Balaban J connectivity index is 4.42. The van der Waals surface area contributed by atoms with Gasteiger partial charge in [-0.15, -0.1) is 0 Å². The van der Waals surface area contributed by atoms with Crippen molar-refractivity contribution < 1.29 is 9.53 Å². The van der Waals surface area contributed by atoms with Gasteiger partial charge < -0.3 is 15.8 Å². The lowest BCUT2D eigenvalue weighted by Gasteiger charge is -2.33. The minimum absolute atomic E-state index is 0.427. The largest absolute Gasteiger partial charge is 0.450 e. The van der Waals surface area contributed by atoms with Crippen LogP contribution in [0.5, 0.6) is 0 Å². The molecule has 3 atom stereocenters. The van der Waals surface area contributed by atoms with Gasteiger partial charge in [0.05, 0.1) is 6.61 Å². The first kappa shape index (κ1) is 18.2. The highest BCUT2D eigenvalue weighted by molar-refractivity contribution is 5.64. The third-order valence-corrected chi connectivity index (χ3v) is 4.06. The standard InChI is InChI=1S/C15H32N2O2/c1-5-8-9-12(6-2)14(17-4)13(7-3)10-11-19-15(16)18/h12-14,17H,5-11H2,1-4H3,(H2,16,18). The fraction of sp³-hybridized carbons (Fsp3) is 0.933. The van der Waals surface area contributed by atoms with E-state index in [9.17, 15) is 4.79 Å². The number of rotatable bonds is 11. The maximum Gasteiger partial charge on any atom is 0.404 e. The van der Waals surface area contributed by atoms with Crippen LogP contribution in [0, 0.1) is 11.8 Å². The molecule has 4 nitrogen and oxygen atoms in total. The van der Waals surface area contributed by atoms with Crippen molar-refractivity contribution in [3.8, 4) is 0 Å². The average Bonchev–Trinajstić information content (AvgIpc) is 2.40. The van der Waals surface area contributed by atoms with Gasteiger partial charge in [0, 0.05) is 6.04 Å². The van der Waals surface area contributed by atoms with Gasteiger partial charge in [-0.1, -0.05) is 46.5 Å². The zero-order valence-corrected chi connectivity index (χ0v) is 13.1. The molecule has 3 unspecified atom stereocenters. The zero-order valence-electron chi connectivity index (χ0n) is 13.1. The molecule has 0 bridgehead atoms. The fourth-order valence-electron chi connectivity index (χ4n) is 2.91. The molecule has 4 heteroatoms. The smallest absolute Gasteiger partial charge is 0.404 e. The first-order valence-electron chi connectivity index (χ1n) is 7.70. The summed E-state index contributed by atoms with van der Waals surface area (Å²) in [4.78, 5) is 10.6. The van der Waals surface area contributed by atoms with Crippen LogP contribution < -0.4 is 11.1 Å². The second-order valence-electron chi connectivity index (χ2n) is 5.25. The Morgan fingerprint density at radius 2 is 1.74 bits per heavy atom. The average molecular weight is 272 g/mol. The third kappa shape index (κ3) is 7.41. The van der Waals surface area contributed by atoms with Crippen molar-refractivity contribution in [2.75, 3.05) is 13.7 Å². The Labute approximate surface area is 118 Å². The molecular weight excluding hydrogens is 240 g/mol. The van der Waals surface area contributed by atoms with E-state index in [2.05, 4.69) is 26.1 Å². The van der Waals surface area contributed by atoms with E-state index < -0.39 is 6.09 Å². The minimum atomic E-state index is -0.672. The number of nitrogens with one attached hydrogen (secondary N) is 1. The molecule has 3 N–H and O–H groups in total. The first-order valence-corrected chi connectivity index (χ1v) is 7.70. The Bertz CT molecular complexity index is 234. The summed E-state index contributed by atoms with van der Waals surface area (Å²) >= 11 is 0. The lowest BCUT2D eigenvalue weighted by molar-refractivity contribution is 0.136. The summed E-state index contributed by atoms with van der Waals surface area (Å²) < 4.78 is 4.87. The second kappa shape index (κ2) is 11.1. The fourth-order valence-corrected chi connectivity index (χ4v) is 2.91. The van der Waals surface area contributed by atoms with Gasteiger partial charge in [0.25, 0.3) is 0 Å². The normalized spacial score (nSPS) is 15.8. The molecule has 0 fully saturated rings. The number of unbranched alkanes of at least 4 members (excludes halogenated alkanes) is 1. The summed E-state index contributed by atoms with van der Waals surface area (Å²) in [6, 6.07) is 0.498. The Kier molecular flexibility index (Phi) is 10.6. The second-order valence-corrected chi connectivity index (χ2v) is 5.25. The van der Waals surface area contributed by atoms with Crippen molar-refractivity contribution in [3.05, 3.63) is 0 Å². The highest BCUT2D eigenvalue weighted by atomic mass is 16.5. The molecule has 0 aliphatic rings. The molecule has 0 rings (SSSR count). The number of hydrogen-bond donors (Lipinski definition) is 2. The van der Waals surface area contributed by atoms with E-state index in [0.717, 1.165) is 12.8 Å². The molecule has 0 aromatic rings. The monoisotopic (exact) mass is 272 g/mol. The van der Waals surface area contributed by atoms with Crippen LogP contribution in [0.4, 0.5) is 4.79 Å². The Morgan fingerprint density at radius 3 is 2.16 bits per heavy atom. The van der Waals surface area contributed by atoms with E-state index in [1.807, 2.05) is 7.05 Å². The third-order valence-electron chi connectivity index (χ3n) is 4.06. The predicted octanol–water partition coefficient (Wildman–Crippen LogP) is 3.30. The van der Waals surface area contributed by atoms with Crippen LogP contribution in [-0.4, -0.2) is 25.8 Å². The SMILES string of the molecule is CCCCC(CC)C(NC)C(CC)CCOC(N)=O. The van der Waals surface area contributed by atoms with Crippen molar-refractivity contribution in [1.82, 2.24) is 5.32 Å². The lowest BCUT2D eigenvalue weighted by atomic mass is 9.81. The molecule has 0 aromatic carbocycles. The van der Waals surface area contributed by atoms with Gasteiger partial charge in [0.1, 0.15) is 0 Å². The van der Waals surface area contributed by atoms with Gasteiger partial charge in [-0.2, -0.15) is 0 Å². The Hall–Kier alpha value is -0.770. The van der Waals surface area contributed by atoms with E-state index in [-0.39, 0.29) is 0 Å². The number of carbonyl (C=O) groups is 1. The van der Waals surface area contributed by atoms with Crippen LogP contribution in [0.25, 0.3) is 0 Å². The van der Waals surface area contributed by atoms with E-state index in [1.165, 1.54) is 25.7 Å². The summed E-state index contributed by atoms with van der Waals surface area (Å²) in [5.74, 6) is 1.23. The lowest BCUT2D eigenvalue weighted by Crippen LogP contribution is -2.40. The molecule has 0 spiro atoms. The van der Waals surface area contributed by atoms with Gasteiger partial charge in [-0.3, -0.25) is 0 Å². The van der Waals surface area contributed by atoms with Gasteiger partial charge in [-0.05, 0) is 31.7 Å². The highest BCUT2D eigenvalue weighted by Gasteiger charge is 2.25. The Morgan fingerprint density at radius 1 is 1.16 bits per heavy atom. The van der Waals surface area contributed by atoms with Crippen molar-refractivity contribution >= 4 is 6.09 Å². The molecule has 0 saturated carbocycles. The zero-order chi connectivity index (χ0) is 14.7. The van der Waals surface area contributed by atoms with Gasteiger partial charge in [0.2, 0.25) is 0 Å². The highest BCUT2D eigenvalue weighted by Crippen LogP contribution is 2.26. The van der Waals surface area contributed by atoms with Crippen molar-refractivity contribution in [1.29, 1.82) is 0 Å². The number of primary amides is 1. The summed E-state index contributed by atoms with van der Waals surface area (Å²) in [6.07, 6.45) is 6.29. The van der Waals surface area contributed by atoms with Crippen LogP contribution in [0.2, 0.25) is 0 Å². The molecule has 0 aliphatic heterocycles. The van der Waals surface area contributed by atoms with Gasteiger partial charge in [0.15, 0.2) is 0 Å². The molecule has 0 heterocycles. The maximum atomic E-state index is 10.6.